The van der Waals surface area contributed by atoms with Crippen LogP contribution in [0.5, 0.6) is 0 Å². The molecule has 5 nitrogen and oxygen atoms in total. The number of likely N-dealkylation sites (tertiary alicyclic amines) is 1. The second-order valence-electron chi connectivity index (χ2n) is 6.46. The molecule has 0 unspecified atom stereocenters. The molecule has 5 heteroatoms. The van der Waals surface area contributed by atoms with Gasteiger partial charge in [-0.3, -0.25) is 14.8 Å². The van der Waals surface area contributed by atoms with Crippen molar-refractivity contribution in [3.8, 4) is 0 Å². The third-order valence-corrected chi connectivity index (χ3v) is 4.88. The van der Waals surface area contributed by atoms with Crippen molar-refractivity contribution in [2.24, 2.45) is 0 Å². The average molecular weight is 332 g/mol. The fraction of sp³-hybridized carbons (Fsp3) is 0.250. The van der Waals surface area contributed by atoms with E-state index in [1.54, 1.807) is 24.5 Å². The van der Waals surface area contributed by atoms with Gasteiger partial charge < -0.3 is 10.6 Å². The van der Waals surface area contributed by atoms with Crippen LogP contribution in [0.3, 0.4) is 0 Å². The maximum atomic E-state index is 12.5. The van der Waals surface area contributed by atoms with Gasteiger partial charge in [-0.1, -0.05) is 18.2 Å². The molecule has 2 aromatic heterocycles. The monoisotopic (exact) mass is 332 g/mol. The molecule has 0 atom stereocenters. The number of nitrogens with zero attached hydrogens (tertiary/aromatic N) is 3. The second kappa shape index (κ2) is 6.51. The second-order valence-corrected chi connectivity index (χ2v) is 6.46. The molecule has 3 heterocycles. The zero-order valence-electron chi connectivity index (χ0n) is 13.9. The SMILES string of the molecule is Nc1cc2ccccc2nc1C1CCN(C(=O)c2ccncc2)CC1. The highest BCUT2D eigenvalue weighted by molar-refractivity contribution is 5.94. The summed E-state index contributed by atoms with van der Waals surface area (Å²) >= 11 is 0. The summed E-state index contributed by atoms with van der Waals surface area (Å²) in [5.41, 5.74) is 9.63. The Bertz CT molecular complexity index is 902. The van der Waals surface area contributed by atoms with Gasteiger partial charge in [0.25, 0.3) is 5.91 Å². The van der Waals surface area contributed by atoms with Crippen molar-refractivity contribution < 1.29 is 4.79 Å². The topological polar surface area (TPSA) is 72.1 Å². The van der Waals surface area contributed by atoms with Crippen LogP contribution in [0.25, 0.3) is 10.9 Å². The van der Waals surface area contributed by atoms with Crippen molar-refractivity contribution in [1.82, 2.24) is 14.9 Å². The van der Waals surface area contributed by atoms with Gasteiger partial charge in [-0.2, -0.15) is 0 Å². The zero-order valence-corrected chi connectivity index (χ0v) is 13.9. The number of hydrogen-bond acceptors (Lipinski definition) is 4. The third-order valence-electron chi connectivity index (χ3n) is 4.88. The van der Waals surface area contributed by atoms with Crippen LogP contribution in [-0.4, -0.2) is 33.9 Å². The first-order chi connectivity index (χ1) is 12.2. The van der Waals surface area contributed by atoms with E-state index in [1.807, 2.05) is 35.2 Å². The minimum atomic E-state index is 0.0697. The Balaban J connectivity index is 1.50. The fourth-order valence-electron chi connectivity index (χ4n) is 3.51. The van der Waals surface area contributed by atoms with Gasteiger partial charge in [0, 0.05) is 42.4 Å². The maximum absolute atomic E-state index is 12.5. The zero-order chi connectivity index (χ0) is 17.2. The summed E-state index contributed by atoms with van der Waals surface area (Å²) in [6, 6.07) is 13.6. The number of anilines is 1. The van der Waals surface area contributed by atoms with E-state index in [-0.39, 0.29) is 5.91 Å². The number of pyridine rings is 2. The minimum absolute atomic E-state index is 0.0697. The van der Waals surface area contributed by atoms with E-state index in [0.29, 0.717) is 11.5 Å². The van der Waals surface area contributed by atoms with E-state index in [1.165, 1.54) is 0 Å². The van der Waals surface area contributed by atoms with Crippen LogP contribution in [0.4, 0.5) is 5.69 Å². The highest BCUT2D eigenvalue weighted by atomic mass is 16.2. The van der Waals surface area contributed by atoms with Crippen LogP contribution in [0.15, 0.2) is 54.9 Å². The largest absolute Gasteiger partial charge is 0.397 e. The molecule has 0 spiro atoms. The van der Waals surface area contributed by atoms with Crippen molar-refractivity contribution in [2.45, 2.75) is 18.8 Å². The summed E-state index contributed by atoms with van der Waals surface area (Å²) in [5.74, 6) is 0.367. The van der Waals surface area contributed by atoms with Crippen molar-refractivity contribution >= 4 is 22.5 Å². The predicted molar refractivity (Wildman–Crippen MR) is 98.3 cm³/mol. The minimum Gasteiger partial charge on any atom is -0.397 e. The molecule has 0 saturated carbocycles. The maximum Gasteiger partial charge on any atom is 0.253 e. The number of nitrogen functional groups attached to an aromatic ring is 1. The van der Waals surface area contributed by atoms with Gasteiger partial charge in [0.15, 0.2) is 0 Å². The normalized spacial score (nSPS) is 15.4. The molecule has 3 aromatic rings. The highest BCUT2D eigenvalue weighted by Crippen LogP contribution is 2.32. The molecular weight excluding hydrogens is 312 g/mol. The summed E-state index contributed by atoms with van der Waals surface area (Å²) in [7, 11) is 0. The van der Waals surface area contributed by atoms with Gasteiger partial charge in [-0.05, 0) is 37.1 Å². The number of benzene rings is 1. The number of amides is 1. The van der Waals surface area contributed by atoms with Crippen molar-refractivity contribution in [2.75, 3.05) is 18.8 Å². The number of fused-ring (bicyclic) bond motifs is 1. The first-order valence-electron chi connectivity index (χ1n) is 8.57. The number of carbonyl (C=O) groups excluding carboxylic acids is 1. The Hall–Kier alpha value is -2.95. The van der Waals surface area contributed by atoms with E-state index in [4.69, 9.17) is 10.7 Å². The molecular formula is C20H20N4O. The van der Waals surface area contributed by atoms with Crippen molar-refractivity contribution in [3.63, 3.8) is 0 Å². The molecule has 1 saturated heterocycles. The summed E-state index contributed by atoms with van der Waals surface area (Å²) < 4.78 is 0. The van der Waals surface area contributed by atoms with Gasteiger partial charge in [0.1, 0.15) is 0 Å². The molecule has 126 valence electrons. The predicted octanol–water partition coefficient (Wildman–Crippen LogP) is 3.23. The molecule has 0 aliphatic carbocycles. The number of para-hydroxylation sites is 1. The third kappa shape index (κ3) is 3.05. The first-order valence-corrected chi connectivity index (χ1v) is 8.57. The molecule has 1 aromatic carbocycles. The smallest absolute Gasteiger partial charge is 0.253 e. The van der Waals surface area contributed by atoms with Crippen LogP contribution >= 0.6 is 0 Å². The van der Waals surface area contributed by atoms with E-state index in [0.717, 1.165) is 48.2 Å². The average Bonchev–Trinajstić information content (AvgIpc) is 2.68. The standard InChI is InChI=1S/C20H20N4O/c21-17-13-16-3-1-2-4-18(16)23-19(17)14-7-11-24(12-8-14)20(25)15-5-9-22-10-6-15/h1-6,9-10,13-14H,7-8,11-12,21H2. The van der Waals surface area contributed by atoms with Gasteiger partial charge in [-0.15, -0.1) is 0 Å². The van der Waals surface area contributed by atoms with E-state index < -0.39 is 0 Å². The van der Waals surface area contributed by atoms with E-state index >= 15 is 0 Å². The number of hydrogen-bond donors (Lipinski definition) is 1. The molecule has 25 heavy (non-hydrogen) atoms. The van der Waals surface area contributed by atoms with Gasteiger partial charge in [-0.25, -0.2) is 0 Å². The lowest BCUT2D eigenvalue weighted by Crippen LogP contribution is -2.38. The number of aromatic nitrogens is 2. The Morgan fingerprint density at radius 1 is 1.08 bits per heavy atom. The van der Waals surface area contributed by atoms with Crippen molar-refractivity contribution in [3.05, 3.63) is 66.1 Å². The Kier molecular flexibility index (Phi) is 4.06. The van der Waals surface area contributed by atoms with Crippen LogP contribution in [0.1, 0.15) is 34.8 Å². The molecule has 0 radical (unpaired) electrons. The Morgan fingerprint density at radius 3 is 2.56 bits per heavy atom. The molecule has 4 rings (SSSR count). The van der Waals surface area contributed by atoms with E-state index in [2.05, 4.69) is 4.98 Å². The first kappa shape index (κ1) is 15.6. The summed E-state index contributed by atoms with van der Waals surface area (Å²) in [5, 5.41) is 1.06. The lowest BCUT2D eigenvalue weighted by Gasteiger charge is -2.32. The Morgan fingerprint density at radius 2 is 1.80 bits per heavy atom. The molecule has 1 fully saturated rings. The van der Waals surface area contributed by atoms with Crippen LogP contribution in [0.2, 0.25) is 0 Å². The number of piperidine rings is 1. The fourth-order valence-corrected chi connectivity index (χ4v) is 3.51. The molecule has 1 amide bonds. The highest BCUT2D eigenvalue weighted by Gasteiger charge is 2.26. The summed E-state index contributed by atoms with van der Waals surface area (Å²) in [6.45, 7) is 1.44. The number of carbonyl (C=O) groups is 1. The van der Waals surface area contributed by atoms with Crippen molar-refractivity contribution in [1.29, 1.82) is 0 Å². The Labute approximate surface area is 146 Å². The van der Waals surface area contributed by atoms with Crippen LogP contribution in [0, 0.1) is 0 Å². The number of rotatable bonds is 2. The molecule has 1 aliphatic rings. The molecule has 2 N–H and O–H groups in total. The van der Waals surface area contributed by atoms with Gasteiger partial charge in [0.2, 0.25) is 0 Å². The quantitative estimate of drug-likeness (QED) is 0.782. The molecule has 1 aliphatic heterocycles. The summed E-state index contributed by atoms with van der Waals surface area (Å²) in [4.78, 5) is 23.2. The van der Waals surface area contributed by atoms with Gasteiger partial charge >= 0.3 is 0 Å². The lowest BCUT2D eigenvalue weighted by molar-refractivity contribution is 0.0712. The lowest BCUT2D eigenvalue weighted by atomic mass is 9.91. The molecule has 0 bridgehead atoms. The number of nitrogens with two attached hydrogens (primary N) is 1. The van der Waals surface area contributed by atoms with Gasteiger partial charge in [0.05, 0.1) is 16.9 Å². The summed E-state index contributed by atoms with van der Waals surface area (Å²) in [6.07, 6.45) is 5.07. The van der Waals surface area contributed by atoms with Crippen LogP contribution < -0.4 is 5.73 Å². The van der Waals surface area contributed by atoms with E-state index in [9.17, 15) is 4.79 Å². The van der Waals surface area contributed by atoms with Crippen LogP contribution in [-0.2, 0) is 0 Å².